The van der Waals surface area contributed by atoms with Gasteiger partial charge in [-0.05, 0) is 58.7 Å². The van der Waals surface area contributed by atoms with Gasteiger partial charge in [0.05, 0.1) is 0 Å². The van der Waals surface area contributed by atoms with Crippen molar-refractivity contribution < 1.29 is 0 Å². The molecule has 1 fully saturated rings. The lowest BCUT2D eigenvalue weighted by Gasteiger charge is -2.22. The molecule has 0 bridgehead atoms. The number of nitrogens with zero attached hydrogens (tertiary/aromatic N) is 1. The van der Waals surface area contributed by atoms with Gasteiger partial charge in [-0.2, -0.15) is 0 Å². The Morgan fingerprint density at radius 1 is 1.27 bits per heavy atom. The van der Waals surface area contributed by atoms with Crippen LogP contribution in [0.4, 0.5) is 0 Å². The molecule has 0 aromatic carbocycles. The van der Waals surface area contributed by atoms with Crippen molar-refractivity contribution in [2.45, 2.75) is 64.5 Å². The van der Waals surface area contributed by atoms with Crippen LogP contribution in [-0.4, -0.2) is 37.1 Å². The topological polar surface area (TPSA) is 15.3 Å². The van der Waals surface area contributed by atoms with Crippen LogP contribution >= 0.6 is 0 Å². The Bertz CT molecular complexity index is 151. The van der Waals surface area contributed by atoms with E-state index in [1.165, 1.54) is 51.6 Å². The van der Waals surface area contributed by atoms with Crippen molar-refractivity contribution in [2.24, 2.45) is 0 Å². The number of hydrogen-bond donors (Lipinski definition) is 1. The number of hydrogen-bond acceptors (Lipinski definition) is 2. The largest absolute Gasteiger partial charge is 0.317 e. The maximum Gasteiger partial charge on any atom is 0.00964 e. The summed E-state index contributed by atoms with van der Waals surface area (Å²) in [4.78, 5) is 2.70. The summed E-state index contributed by atoms with van der Waals surface area (Å²) in [6.45, 7) is 7.18. The van der Waals surface area contributed by atoms with Crippen molar-refractivity contribution in [1.82, 2.24) is 10.2 Å². The molecule has 0 amide bonds. The van der Waals surface area contributed by atoms with Gasteiger partial charge in [-0.15, -0.1) is 0 Å². The summed E-state index contributed by atoms with van der Waals surface area (Å²) in [6, 6.07) is 1.67. The molecule has 0 spiro atoms. The van der Waals surface area contributed by atoms with Gasteiger partial charge in [0.25, 0.3) is 0 Å². The SMILES string of the molecule is CCCN(CCCC(CC)NC)C1CC1. The maximum absolute atomic E-state index is 3.38. The molecule has 1 saturated carbocycles. The van der Waals surface area contributed by atoms with Crippen molar-refractivity contribution in [1.29, 1.82) is 0 Å². The predicted molar refractivity (Wildman–Crippen MR) is 67.3 cm³/mol. The Balaban J connectivity index is 2.10. The van der Waals surface area contributed by atoms with E-state index in [-0.39, 0.29) is 0 Å². The van der Waals surface area contributed by atoms with Gasteiger partial charge in [0.2, 0.25) is 0 Å². The van der Waals surface area contributed by atoms with Crippen molar-refractivity contribution in [3.05, 3.63) is 0 Å². The Hall–Kier alpha value is -0.0800. The van der Waals surface area contributed by atoms with E-state index in [0.29, 0.717) is 0 Å². The van der Waals surface area contributed by atoms with E-state index < -0.39 is 0 Å². The van der Waals surface area contributed by atoms with E-state index in [4.69, 9.17) is 0 Å². The minimum absolute atomic E-state index is 0.729. The highest BCUT2D eigenvalue weighted by atomic mass is 15.2. The van der Waals surface area contributed by atoms with Crippen molar-refractivity contribution in [2.75, 3.05) is 20.1 Å². The van der Waals surface area contributed by atoms with Gasteiger partial charge < -0.3 is 10.2 Å². The molecule has 1 unspecified atom stereocenters. The minimum atomic E-state index is 0.729. The normalized spacial score (nSPS) is 18.4. The molecule has 2 nitrogen and oxygen atoms in total. The molecule has 0 saturated heterocycles. The molecule has 15 heavy (non-hydrogen) atoms. The molecule has 90 valence electrons. The highest BCUT2D eigenvalue weighted by Gasteiger charge is 2.27. The highest BCUT2D eigenvalue weighted by Crippen LogP contribution is 2.27. The summed E-state index contributed by atoms with van der Waals surface area (Å²) in [5.74, 6) is 0. The van der Waals surface area contributed by atoms with Crippen LogP contribution in [0.1, 0.15) is 52.4 Å². The van der Waals surface area contributed by atoms with Gasteiger partial charge >= 0.3 is 0 Å². The second-order valence-electron chi connectivity index (χ2n) is 4.80. The van der Waals surface area contributed by atoms with Crippen LogP contribution in [0.2, 0.25) is 0 Å². The van der Waals surface area contributed by atoms with E-state index in [2.05, 4.69) is 31.1 Å². The lowest BCUT2D eigenvalue weighted by atomic mass is 10.1. The second-order valence-corrected chi connectivity index (χ2v) is 4.80. The van der Waals surface area contributed by atoms with E-state index >= 15 is 0 Å². The van der Waals surface area contributed by atoms with Gasteiger partial charge in [-0.3, -0.25) is 0 Å². The quantitative estimate of drug-likeness (QED) is 0.632. The lowest BCUT2D eigenvalue weighted by molar-refractivity contribution is 0.253. The maximum atomic E-state index is 3.38. The Labute approximate surface area is 95.4 Å². The molecule has 1 atom stereocenters. The summed E-state index contributed by atoms with van der Waals surface area (Å²) in [7, 11) is 2.08. The van der Waals surface area contributed by atoms with E-state index in [1.54, 1.807) is 0 Å². The number of nitrogens with one attached hydrogen (secondary N) is 1. The molecule has 1 aliphatic carbocycles. The lowest BCUT2D eigenvalue weighted by Crippen LogP contribution is -2.30. The molecular formula is C13H28N2. The first-order chi connectivity index (χ1) is 7.31. The van der Waals surface area contributed by atoms with Gasteiger partial charge in [-0.1, -0.05) is 13.8 Å². The van der Waals surface area contributed by atoms with Crippen LogP contribution in [0.5, 0.6) is 0 Å². The third kappa shape index (κ3) is 4.98. The molecule has 0 heterocycles. The predicted octanol–water partition coefficient (Wildman–Crippen LogP) is 2.64. The Kier molecular flexibility index (Phi) is 6.26. The first-order valence-electron chi connectivity index (χ1n) is 6.73. The first kappa shape index (κ1) is 13.0. The van der Waals surface area contributed by atoms with Crippen molar-refractivity contribution >= 4 is 0 Å². The molecule has 0 aliphatic heterocycles. The van der Waals surface area contributed by atoms with Gasteiger partial charge in [0.15, 0.2) is 0 Å². The molecule has 1 N–H and O–H groups in total. The zero-order valence-electron chi connectivity index (χ0n) is 10.8. The van der Waals surface area contributed by atoms with Crippen LogP contribution in [-0.2, 0) is 0 Å². The van der Waals surface area contributed by atoms with Gasteiger partial charge in [0, 0.05) is 12.1 Å². The van der Waals surface area contributed by atoms with E-state index in [1.807, 2.05) is 0 Å². The fraction of sp³-hybridized carbons (Fsp3) is 1.00. The zero-order valence-corrected chi connectivity index (χ0v) is 10.8. The molecular weight excluding hydrogens is 184 g/mol. The second kappa shape index (κ2) is 7.24. The fourth-order valence-electron chi connectivity index (χ4n) is 2.30. The van der Waals surface area contributed by atoms with Crippen LogP contribution in [0.25, 0.3) is 0 Å². The summed E-state index contributed by atoms with van der Waals surface area (Å²) < 4.78 is 0. The molecule has 2 heteroatoms. The van der Waals surface area contributed by atoms with Crippen molar-refractivity contribution in [3.63, 3.8) is 0 Å². The highest BCUT2D eigenvalue weighted by molar-refractivity contribution is 4.84. The third-order valence-electron chi connectivity index (χ3n) is 3.47. The molecule has 0 radical (unpaired) electrons. The smallest absolute Gasteiger partial charge is 0.00964 e. The van der Waals surface area contributed by atoms with Crippen LogP contribution in [0.15, 0.2) is 0 Å². The Morgan fingerprint density at radius 2 is 2.00 bits per heavy atom. The molecule has 1 rings (SSSR count). The minimum Gasteiger partial charge on any atom is -0.317 e. The summed E-state index contributed by atoms with van der Waals surface area (Å²) in [5.41, 5.74) is 0. The fourth-order valence-corrected chi connectivity index (χ4v) is 2.30. The summed E-state index contributed by atoms with van der Waals surface area (Å²) >= 11 is 0. The molecule has 1 aliphatic rings. The van der Waals surface area contributed by atoms with Gasteiger partial charge in [0.1, 0.15) is 0 Å². The van der Waals surface area contributed by atoms with Gasteiger partial charge in [-0.25, -0.2) is 0 Å². The third-order valence-corrected chi connectivity index (χ3v) is 3.47. The van der Waals surface area contributed by atoms with Crippen LogP contribution in [0.3, 0.4) is 0 Å². The summed E-state index contributed by atoms with van der Waals surface area (Å²) in [5, 5.41) is 3.38. The van der Waals surface area contributed by atoms with Crippen LogP contribution < -0.4 is 5.32 Å². The zero-order chi connectivity index (χ0) is 11.1. The van der Waals surface area contributed by atoms with E-state index in [0.717, 1.165) is 12.1 Å². The Morgan fingerprint density at radius 3 is 2.47 bits per heavy atom. The summed E-state index contributed by atoms with van der Waals surface area (Å²) in [6.07, 6.45) is 8.15. The monoisotopic (exact) mass is 212 g/mol. The average molecular weight is 212 g/mol. The molecule has 0 aromatic rings. The van der Waals surface area contributed by atoms with Crippen molar-refractivity contribution in [3.8, 4) is 0 Å². The first-order valence-corrected chi connectivity index (χ1v) is 6.73. The standard InChI is InChI=1S/C13H28N2/c1-4-10-15(13-8-9-13)11-6-7-12(5-2)14-3/h12-14H,4-11H2,1-3H3. The number of rotatable bonds is 9. The molecule has 0 aromatic heterocycles. The average Bonchev–Trinajstić information content (AvgIpc) is 3.06. The van der Waals surface area contributed by atoms with Crippen LogP contribution in [0, 0.1) is 0 Å². The van der Waals surface area contributed by atoms with E-state index in [9.17, 15) is 0 Å².